The molecule has 2 rings (SSSR count). The Hall–Kier alpha value is -2.61. The molecule has 1 heterocycles. The standard InChI is InChI=1S/C20H29N3O5/c1-12(2)18(20(27)21-13(3)11-24)22-19(26)14-9-17(25)23(10-14)15-5-7-16(28-4)8-6-15/h5-8,12-14,18,24H,9-11H2,1-4H3,(H,21,27)(H,22,26). The molecule has 1 fully saturated rings. The molecule has 0 aliphatic carbocycles. The molecule has 1 aliphatic rings. The van der Waals surface area contributed by atoms with E-state index in [0.29, 0.717) is 11.4 Å². The molecule has 8 nitrogen and oxygen atoms in total. The van der Waals surface area contributed by atoms with Gasteiger partial charge in [0.15, 0.2) is 0 Å². The van der Waals surface area contributed by atoms with Crippen LogP contribution in [0.25, 0.3) is 0 Å². The summed E-state index contributed by atoms with van der Waals surface area (Å²) >= 11 is 0. The van der Waals surface area contributed by atoms with Crippen molar-refractivity contribution >= 4 is 23.4 Å². The molecule has 1 aromatic carbocycles. The molecule has 3 N–H and O–H groups in total. The van der Waals surface area contributed by atoms with Crippen LogP contribution in [0.1, 0.15) is 27.2 Å². The van der Waals surface area contributed by atoms with Gasteiger partial charge in [0.25, 0.3) is 0 Å². The van der Waals surface area contributed by atoms with E-state index in [1.807, 2.05) is 13.8 Å². The second-order valence-corrected chi connectivity index (χ2v) is 7.43. The average Bonchev–Trinajstić information content (AvgIpc) is 3.07. The van der Waals surface area contributed by atoms with Crippen LogP contribution in [0.2, 0.25) is 0 Å². The number of carbonyl (C=O) groups excluding carboxylic acids is 3. The number of hydrogen-bond donors (Lipinski definition) is 3. The third-order valence-electron chi connectivity index (χ3n) is 4.79. The van der Waals surface area contributed by atoms with Crippen LogP contribution >= 0.6 is 0 Å². The fourth-order valence-corrected chi connectivity index (χ4v) is 3.08. The largest absolute Gasteiger partial charge is 0.497 e. The number of nitrogens with zero attached hydrogens (tertiary/aromatic N) is 1. The molecule has 0 spiro atoms. The molecule has 8 heteroatoms. The molecule has 3 unspecified atom stereocenters. The predicted octanol–water partition coefficient (Wildman–Crippen LogP) is 0.686. The van der Waals surface area contributed by atoms with E-state index in [2.05, 4.69) is 10.6 Å². The Morgan fingerprint density at radius 1 is 1.21 bits per heavy atom. The van der Waals surface area contributed by atoms with Gasteiger partial charge in [-0.15, -0.1) is 0 Å². The molecule has 1 aliphatic heterocycles. The van der Waals surface area contributed by atoms with Gasteiger partial charge in [-0.05, 0) is 37.1 Å². The lowest BCUT2D eigenvalue weighted by Crippen LogP contribution is -2.53. The number of hydrogen-bond acceptors (Lipinski definition) is 5. The Balaban J connectivity index is 2.03. The highest BCUT2D eigenvalue weighted by Crippen LogP contribution is 2.27. The van der Waals surface area contributed by atoms with E-state index in [1.165, 1.54) is 0 Å². The lowest BCUT2D eigenvalue weighted by atomic mass is 10.0. The highest BCUT2D eigenvalue weighted by Gasteiger charge is 2.37. The molecule has 3 amide bonds. The number of amides is 3. The minimum absolute atomic E-state index is 0.0946. The molecule has 1 saturated heterocycles. The fraction of sp³-hybridized carbons (Fsp3) is 0.550. The van der Waals surface area contributed by atoms with Crippen LogP contribution in [-0.4, -0.2) is 55.2 Å². The van der Waals surface area contributed by atoms with Crippen molar-refractivity contribution in [2.75, 3.05) is 25.2 Å². The van der Waals surface area contributed by atoms with Crippen molar-refractivity contribution in [2.24, 2.45) is 11.8 Å². The van der Waals surface area contributed by atoms with Crippen molar-refractivity contribution in [1.29, 1.82) is 0 Å². The van der Waals surface area contributed by atoms with Gasteiger partial charge in [0.1, 0.15) is 11.8 Å². The Kier molecular flexibility index (Phi) is 7.39. The third kappa shape index (κ3) is 5.22. The van der Waals surface area contributed by atoms with E-state index in [-0.39, 0.29) is 43.2 Å². The zero-order chi connectivity index (χ0) is 20.8. The maximum atomic E-state index is 12.7. The Morgan fingerprint density at radius 2 is 1.86 bits per heavy atom. The van der Waals surface area contributed by atoms with Crippen LogP contribution in [0, 0.1) is 11.8 Å². The number of nitrogens with one attached hydrogen (secondary N) is 2. The zero-order valence-corrected chi connectivity index (χ0v) is 16.8. The van der Waals surface area contributed by atoms with Gasteiger partial charge in [0, 0.05) is 24.7 Å². The summed E-state index contributed by atoms with van der Waals surface area (Å²) in [4.78, 5) is 39.1. The van der Waals surface area contributed by atoms with Crippen molar-refractivity contribution in [1.82, 2.24) is 10.6 Å². The van der Waals surface area contributed by atoms with Gasteiger partial charge in [-0.2, -0.15) is 0 Å². The summed E-state index contributed by atoms with van der Waals surface area (Å²) in [6, 6.07) is 5.94. The summed E-state index contributed by atoms with van der Waals surface area (Å²) in [6.45, 7) is 5.42. The minimum atomic E-state index is -0.730. The molecule has 3 atom stereocenters. The van der Waals surface area contributed by atoms with Crippen LogP contribution < -0.4 is 20.3 Å². The van der Waals surface area contributed by atoms with Gasteiger partial charge in [0.2, 0.25) is 17.7 Å². The molecular weight excluding hydrogens is 362 g/mol. The van der Waals surface area contributed by atoms with E-state index < -0.39 is 18.0 Å². The van der Waals surface area contributed by atoms with Crippen LogP contribution in [0.3, 0.4) is 0 Å². The summed E-state index contributed by atoms with van der Waals surface area (Å²) in [5.41, 5.74) is 0.705. The number of methoxy groups -OCH3 is 1. The zero-order valence-electron chi connectivity index (χ0n) is 16.8. The average molecular weight is 391 g/mol. The number of ether oxygens (including phenoxy) is 1. The van der Waals surface area contributed by atoms with Crippen LogP contribution in [0.15, 0.2) is 24.3 Å². The lowest BCUT2D eigenvalue weighted by molar-refractivity contribution is -0.132. The van der Waals surface area contributed by atoms with Crippen LogP contribution in [0.4, 0.5) is 5.69 Å². The van der Waals surface area contributed by atoms with Crippen LogP contribution in [-0.2, 0) is 14.4 Å². The molecule has 0 radical (unpaired) electrons. The summed E-state index contributed by atoms with van der Waals surface area (Å²) in [6.07, 6.45) is 0.0946. The van der Waals surface area contributed by atoms with Crippen molar-refractivity contribution < 1.29 is 24.2 Å². The Morgan fingerprint density at radius 3 is 2.39 bits per heavy atom. The van der Waals surface area contributed by atoms with E-state index >= 15 is 0 Å². The fourth-order valence-electron chi connectivity index (χ4n) is 3.08. The number of benzene rings is 1. The van der Waals surface area contributed by atoms with Gasteiger partial charge in [-0.3, -0.25) is 14.4 Å². The highest BCUT2D eigenvalue weighted by molar-refractivity contribution is 6.01. The molecule has 0 saturated carbocycles. The van der Waals surface area contributed by atoms with Gasteiger partial charge >= 0.3 is 0 Å². The van der Waals surface area contributed by atoms with Crippen molar-refractivity contribution in [3.8, 4) is 5.75 Å². The quantitative estimate of drug-likeness (QED) is 0.604. The van der Waals surface area contributed by atoms with Crippen LogP contribution in [0.5, 0.6) is 5.75 Å². The van der Waals surface area contributed by atoms with Crippen molar-refractivity contribution in [3.63, 3.8) is 0 Å². The minimum Gasteiger partial charge on any atom is -0.497 e. The van der Waals surface area contributed by atoms with Crippen molar-refractivity contribution in [3.05, 3.63) is 24.3 Å². The van der Waals surface area contributed by atoms with E-state index in [9.17, 15) is 14.4 Å². The van der Waals surface area contributed by atoms with Gasteiger partial charge in [-0.1, -0.05) is 13.8 Å². The summed E-state index contributed by atoms with van der Waals surface area (Å²) in [7, 11) is 1.57. The monoisotopic (exact) mass is 391 g/mol. The molecule has 0 aromatic heterocycles. The predicted molar refractivity (Wildman–Crippen MR) is 105 cm³/mol. The summed E-state index contributed by atoms with van der Waals surface area (Å²) < 4.78 is 5.12. The Labute approximate surface area is 165 Å². The third-order valence-corrected chi connectivity index (χ3v) is 4.79. The highest BCUT2D eigenvalue weighted by atomic mass is 16.5. The molecule has 154 valence electrons. The summed E-state index contributed by atoms with van der Waals surface area (Å²) in [5.74, 6) is -0.781. The second-order valence-electron chi connectivity index (χ2n) is 7.43. The van der Waals surface area contributed by atoms with E-state index in [0.717, 1.165) is 0 Å². The number of aliphatic hydroxyl groups is 1. The lowest BCUT2D eigenvalue weighted by Gasteiger charge is -2.25. The summed E-state index contributed by atoms with van der Waals surface area (Å²) in [5, 5.41) is 14.5. The maximum Gasteiger partial charge on any atom is 0.243 e. The topological polar surface area (TPSA) is 108 Å². The maximum absolute atomic E-state index is 12.7. The number of rotatable bonds is 8. The van der Waals surface area contributed by atoms with Crippen molar-refractivity contribution in [2.45, 2.75) is 39.3 Å². The molecule has 1 aromatic rings. The molecule has 28 heavy (non-hydrogen) atoms. The normalized spacial score (nSPS) is 18.7. The SMILES string of the molecule is COc1ccc(N2CC(C(=O)NC(C(=O)NC(C)CO)C(C)C)CC2=O)cc1. The molecular formula is C20H29N3O5. The number of aliphatic hydroxyl groups excluding tert-OH is 1. The number of anilines is 1. The smallest absolute Gasteiger partial charge is 0.243 e. The first-order chi connectivity index (χ1) is 13.3. The first-order valence-electron chi connectivity index (χ1n) is 9.42. The second kappa shape index (κ2) is 9.54. The van der Waals surface area contributed by atoms with Gasteiger partial charge in [0.05, 0.1) is 19.6 Å². The Bertz CT molecular complexity index is 704. The molecule has 0 bridgehead atoms. The van der Waals surface area contributed by atoms with Gasteiger partial charge < -0.3 is 25.4 Å². The van der Waals surface area contributed by atoms with E-state index in [1.54, 1.807) is 43.2 Å². The first-order valence-corrected chi connectivity index (χ1v) is 9.42. The van der Waals surface area contributed by atoms with Gasteiger partial charge in [-0.25, -0.2) is 0 Å². The number of carbonyl (C=O) groups is 3. The van der Waals surface area contributed by atoms with E-state index in [4.69, 9.17) is 9.84 Å². The first kappa shape index (κ1) is 21.7.